The molecule has 4 atom stereocenters. The van der Waals surface area contributed by atoms with E-state index in [4.69, 9.17) is 16.1 Å². The number of alkyl halides is 1. The Morgan fingerprint density at radius 3 is 2.60 bits per heavy atom. The van der Waals surface area contributed by atoms with Crippen LogP contribution in [0, 0.1) is 24.0 Å². The normalized spacial score (nSPS) is 22.8. The predicted molar refractivity (Wildman–Crippen MR) is 209 cm³/mol. The van der Waals surface area contributed by atoms with Crippen molar-refractivity contribution >= 4 is 45.0 Å². The van der Waals surface area contributed by atoms with Crippen LogP contribution < -0.4 is 15.0 Å². The lowest BCUT2D eigenvalue weighted by molar-refractivity contribution is -0.111. The molecule has 9 rings (SSSR count). The largest absolute Gasteiger partial charge is 0.508 e. The second-order valence-corrected chi connectivity index (χ2v) is 15.3. The number of nitrogens with one attached hydrogen (secondary N) is 1. The van der Waals surface area contributed by atoms with E-state index in [0.717, 1.165) is 32.2 Å². The number of carbonyl (C=O) groups is 2. The Hall–Kier alpha value is -6.20. The summed E-state index contributed by atoms with van der Waals surface area (Å²) >= 11 is 0. The molecule has 11 nitrogen and oxygen atoms in total. The Bertz CT molecular complexity index is 2510. The highest BCUT2D eigenvalue weighted by atomic mass is 19.1. The zero-order valence-electron chi connectivity index (χ0n) is 30.9. The number of hydrogen-bond acceptors (Lipinski definition) is 9. The molecule has 57 heavy (non-hydrogen) atoms. The van der Waals surface area contributed by atoms with Crippen LogP contribution in [0.2, 0.25) is 0 Å². The van der Waals surface area contributed by atoms with E-state index in [0.29, 0.717) is 48.5 Å². The van der Waals surface area contributed by atoms with E-state index in [2.05, 4.69) is 32.7 Å². The molecule has 4 aliphatic heterocycles. The number of halogens is 3. The molecule has 4 aliphatic rings. The lowest BCUT2D eigenvalue weighted by Gasteiger charge is -2.42. The quantitative estimate of drug-likeness (QED) is 0.137. The van der Waals surface area contributed by atoms with E-state index in [-0.39, 0.29) is 75.4 Å². The maximum Gasteiger partial charge on any atom is 0.319 e. The van der Waals surface area contributed by atoms with Gasteiger partial charge in [0.25, 0.3) is 5.91 Å². The van der Waals surface area contributed by atoms with Gasteiger partial charge in [0.1, 0.15) is 41.4 Å². The first-order valence-electron chi connectivity index (χ1n) is 19.0. The molecule has 2 amide bonds. The van der Waals surface area contributed by atoms with Crippen molar-refractivity contribution in [2.45, 2.75) is 55.9 Å². The van der Waals surface area contributed by atoms with Crippen molar-refractivity contribution in [3.8, 4) is 35.4 Å². The average molecular weight is 774 g/mol. The van der Waals surface area contributed by atoms with Gasteiger partial charge in [0.05, 0.1) is 28.6 Å². The van der Waals surface area contributed by atoms with Crippen LogP contribution in [0.4, 0.5) is 24.7 Å². The van der Waals surface area contributed by atoms with Gasteiger partial charge in [-0.15, -0.1) is 6.42 Å². The summed E-state index contributed by atoms with van der Waals surface area (Å²) in [5, 5.41) is 14.2. The molecule has 3 aromatic carbocycles. The summed E-state index contributed by atoms with van der Waals surface area (Å²) in [5.74, 6) is 0.515. The Balaban J connectivity index is 1.09. The molecule has 4 fully saturated rings. The van der Waals surface area contributed by atoms with E-state index < -0.39 is 23.3 Å². The summed E-state index contributed by atoms with van der Waals surface area (Å²) in [6, 6.07) is 11.6. The highest BCUT2D eigenvalue weighted by molar-refractivity contribution is 6.03. The van der Waals surface area contributed by atoms with Gasteiger partial charge in [0, 0.05) is 54.5 Å². The Labute approximate surface area is 326 Å². The first-order chi connectivity index (χ1) is 27.6. The molecule has 2 N–H and O–H groups in total. The van der Waals surface area contributed by atoms with E-state index in [1.54, 1.807) is 24.3 Å². The molecular weight excluding hydrogens is 736 g/mol. The van der Waals surface area contributed by atoms with Gasteiger partial charge in [-0.3, -0.25) is 19.5 Å². The number of piperazine rings is 1. The monoisotopic (exact) mass is 773 g/mol. The third-order valence-electron chi connectivity index (χ3n) is 11.9. The smallest absolute Gasteiger partial charge is 0.319 e. The number of phenolic OH excluding ortho intramolecular Hbond substituents is 1. The second kappa shape index (κ2) is 14.1. The van der Waals surface area contributed by atoms with Crippen LogP contribution in [0.1, 0.15) is 48.0 Å². The molecule has 0 aliphatic carbocycles. The van der Waals surface area contributed by atoms with Crippen molar-refractivity contribution in [2.24, 2.45) is 0 Å². The maximum atomic E-state index is 17.1. The average Bonchev–Trinajstić information content (AvgIpc) is 3.83. The van der Waals surface area contributed by atoms with Crippen LogP contribution in [0.5, 0.6) is 11.8 Å². The molecule has 0 radical (unpaired) electrons. The van der Waals surface area contributed by atoms with Gasteiger partial charge in [0.2, 0.25) is 5.91 Å². The Morgan fingerprint density at radius 2 is 1.86 bits per heavy atom. The minimum Gasteiger partial charge on any atom is -0.508 e. The van der Waals surface area contributed by atoms with Crippen molar-refractivity contribution in [1.29, 1.82) is 0 Å². The fourth-order valence-corrected chi connectivity index (χ4v) is 9.36. The van der Waals surface area contributed by atoms with E-state index in [1.165, 1.54) is 36.5 Å². The first-order valence-corrected chi connectivity index (χ1v) is 19.0. The summed E-state index contributed by atoms with van der Waals surface area (Å²) in [5.41, 5.74) is 0.174. The van der Waals surface area contributed by atoms with Crippen molar-refractivity contribution in [2.75, 3.05) is 43.0 Å². The third-order valence-corrected chi connectivity index (χ3v) is 11.9. The summed E-state index contributed by atoms with van der Waals surface area (Å²) in [4.78, 5) is 45.6. The first kappa shape index (κ1) is 36.4. The number of phenols is 1. The van der Waals surface area contributed by atoms with Gasteiger partial charge in [-0.25, -0.2) is 13.2 Å². The number of rotatable bonds is 8. The molecule has 290 valence electrons. The number of aromatic nitrogens is 3. The molecule has 2 bridgehead atoms. The number of ether oxygens (including phenoxy) is 1. The lowest BCUT2D eigenvalue weighted by atomic mass is 9.95. The van der Waals surface area contributed by atoms with Gasteiger partial charge in [-0.2, -0.15) is 9.97 Å². The van der Waals surface area contributed by atoms with Crippen molar-refractivity contribution in [1.82, 2.24) is 24.8 Å². The fraction of sp³-hybridized carbons (Fsp3) is 0.326. The molecule has 4 saturated heterocycles. The minimum atomic E-state index is -0.978. The predicted octanol–water partition coefficient (Wildman–Crippen LogP) is 6.38. The number of hydrogen-bond donors (Lipinski definition) is 2. The number of aromatic hydroxyl groups is 1. The zero-order chi connectivity index (χ0) is 39.6. The van der Waals surface area contributed by atoms with Gasteiger partial charge in [-0.05, 0) is 86.2 Å². The minimum absolute atomic E-state index is 0.0844. The number of pyridine rings is 1. The second-order valence-electron chi connectivity index (χ2n) is 15.3. The van der Waals surface area contributed by atoms with Crippen molar-refractivity contribution in [3.63, 3.8) is 0 Å². The Morgan fingerprint density at radius 1 is 1.09 bits per heavy atom. The van der Waals surface area contributed by atoms with Crippen LogP contribution in [-0.2, 0) is 4.79 Å². The van der Waals surface area contributed by atoms with Crippen LogP contribution in [-0.4, -0.2) is 98.3 Å². The zero-order valence-corrected chi connectivity index (χ0v) is 30.9. The molecule has 14 heteroatoms. The highest BCUT2D eigenvalue weighted by Crippen LogP contribution is 2.43. The van der Waals surface area contributed by atoms with E-state index in [9.17, 15) is 23.5 Å². The van der Waals surface area contributed by atoms with Crippen molar-refractivity contribution in [3.05, 3.63) is 90.1 Å². The molecule has 0 spiro atoms. The topological polar surface area (TPSA) is 124 Å². The number of benzene rings is 3. The molecular formula is C43H38F3N7O4. The van der Waals surface area contributed by atoms with E-state index in [1.807, 2.05) is 9.80 Å². The SMILES string of the molecule is C#Cc1c(F)ccc2cc(O)cc(-c3ncc4c(N5CC6CCC(C5)N6C(=O)c5ccc(NC(=O)C=C)cc5)nc(OCC56CCCN5CC(F)C6)nc4c3F)c12. The number of terminal acetylenes is 1. The summed E-state index contributed by atoms with van der Waals surface area (Å²) in [7, 11) is 0. The van der Waals surface area contributed by atoms with Crippen LogP contribution in [0.3, 0.4) is 0 Å². The standard InChI is InChI=1S/C43H38F3N7O4/c1-3-31-34(45)13-8-25-16-30(54)17-32(36(25)31)38-37(46)39-33(19-47-38)40(50-42(49-39)57-23-43-14-5-15-52(43)20-26(44)18-43)51-21-28-11-12-29(22-51)53(28)41(56)24-6-9-27(10-7-24)48-35(55)4-2/h1,4,6-10,13,16-17,19,26,28-29,54H,2,5,11-12,14-15,18,20-23H2,(H,48,55). The Kier molecular flexibility index (Phi) is 9.00. The fourth-order valence-electron chi connectivity index (χ4n) is 9.36. The molecule has 5 aromatic rings. The number of fused-ring (bicyclic) bond motifs is 5. The van der Waals surface area contributed by atoms with Crippen molar-refractivity contribution < 1.29 is 32.6 Å². The van der Waals surface area contributed by atoms with Gasteiger partial charge < -0.3 is 25.0 Å². The summed E-state index contributed by atoms with van der Waals surface area (Å²) in [6.45, 7) is 5.44. The van der Waals surface area contributed by atoms with Gasteiger partial charge in [0.15, 0.2) is 5.82 Å². The third kappa shape index (κ3) is 6.26. The van der Waals surface area contributed by atoms with Crippen LogP contribution >= 0.6 is 0 Å². The molecule has 4 unspecified atom stereocenters. The maximum absolute atomic E-state index is 17.1. The van der Waals surface area contributed by atoms with Gasteiger partial charge >= 0.3 is 6.01 Å². The molecule has 2 aromatic heterocycles. The lowest BCUT2D eigenvalue weighted by Crippen LogP contribution is -2.56. The number of carbonyl (C=O) groups excluding carboxylic acids is 2. The van der Waals surface area contributed by atoms with E-state index >= 15 is 4.39 Å². The molecule has 0 saturated carbocycles. The summed E-state index contributed by atoms with van der Waals surface area (Å²) in [6.07, 6.45) is 10.8. The number of amides is 2. The number of anilines is 2. The summed E-state index contributed by atoms with van der Waals surface area (Å²) < 4.78 is 53.1. The highest BCUT2D eigenvalue weighted by Gasteiger charge is 2.49. The number of nitrogens with zero attached hydrogens (tertiary/aromatic N) is 6. The van der Waals surface area contributed by atoms with Gasteiger partial charge in [-0.1, -0.05) is 18.6 Å². The van der Waals surface area contributed by atoms with Crippen LogP contribution in [0.15, 0.2) is 67.4 Å². The van der Waals surface area contributed by atoms with Crippen LogP contribution in [0.25, 0.3) is 32.9 Å². The molecule has 6 heterocycles.